The van der Waals surface area contributed by atoms with Gasteiger partial charge in [0.2, 0.25) is 11.8 Å². The normalized spacial score (nSPS) is 19.0. The van der Waals surface area contributed by atoms with Crippen LogP contribution in [0, 0.1) is 0 Å². The quantitative estimate of drug-likeness (QED) is 0.408. The number of likely N-dealkylation sites (N-methyl/N-ethyl adjacent to an activating group) is 1. The second-order valence-corrected chi connectivity index (χ2v) is 9.55. The highest BCUT2D eigenvalue weighted by atomic mass is 16.6. The van der Waals surface area contributed by atoms with Gasteiger partial charge in [-0.25, -0.2) is 14.7 Å². The smallest absolute Gasteiger partial charge is 0.417 e. The first-order valence-electron chi connectivity index (χ1n) is 13.2. The van der Waals surface area contributed by atoms with Crippen molar-refractivity contribution in [1.82, 2.24) is 19.8 Å². The monoisotopic (exact) mass is 518 g/mol. The highest BCUT2D eigenvalue weighted by Gasteiger charge is 2.36. The van der Waals surface area contributed by atoms with Gasteiger partial charge in [-0.05, 0) is 56.5 Å². The molecule has 1 amide bonds. The number of hydrogen-bond donors (Lipinski definition) is 0. The lowest BCUT2D eigenvalue weighted by atomic mass is 10.0. The Morgan fingerprint density at radius 3 is 2.97 bits per heavy atom. The fraction of sp³-hybridized carbons (Fsp3) is 0.414. The molecule has 1 saturated heterocycles. The van der Waals surface area contributed by atoms with E-state index in [2.05, 4.69) is 40.0 Å². The van der Waals surface area contributed by atoms with E-state index < -0.39 is 6.09 Å². The van der Waals surface area contributed by atoms with Crippen molar-refractivity contribution >= 4 is 17.1 Å². The van der Waals surface area contributed by atoms with E-state index in [4.69, 9.17) is 18.9 Å². The molecule has 2 aliphatic heterocycles. The minimum Gasteiger partial charge on any atom is -0.481 e. The molecule has 0 aromatic carbocycles. The Morgan fingerprint density at radius 2 is 2.16 bits per heavy atom. The van der Waals surface area contributed by atoms with Crippen molar-refractivity contribution in [3.05, 3.63) is 77.9 Å². The average Bonchev–Trinajstić information content (AvgIpc) is 3.32. The maximum Gasteiger partial charge on any atom is 0.417 e. The summed E-state index contributed by atoms with van der Waals surface area (Å²) < 4.78 is 22.5. The Bertz CT molecular complexity index is 1280. The zero-order chi connectivity index (χ0) is 26.3. The van der Waals surface area contributed by atoms with Crippen molar-refractivity contribution in [3.8, 4) is 5.88 Å². The van der Waals surface area contributed by atoms with Gasteiger partial charge in [0.25, 0.3) is 0 Å². The number of allylic oxidation sites excluding steroid dienone is 4. The summed E-state index contributed by atoms with van der Waals surface area (Å²) in [4.78, 5) is 25.5. The fourth-order valence-electron chi connectivity index (χ4n) is 4.90. The molecular weight excluding hydrogens is 484 g/mol. The van der Waals surface area contributed by atoms with E-state index in [1.54, 1.807) is 13.4 Å². The minimum atomic E-state index is -0.412. The number of nitrogens with zero attached hydrogens (tertiary/aromatic N) is 4. The molecule has 9 nitrogen and oxygen atoms in total. The Hall–Kier alpha value is -3.85. The Kier molecular flexibility index (Phi) is 8.23. The van der Waals surface area contributed by atoms with Crippen LogP contribution in [0.25, 0.3) is 11.0 Å². The predicted octanol–water partition coefficient (Wildman–Crippen LogP) is 5.07. The summed E-state index contributed by atoms with van der Waals surface area (Å²) in [5, 5.41) is 0. The number of cyclic esters (lactones) is 1. The number of hydrogen-bond acceptors (Lipinski definition) is 8. The van der Waals surface area contributed by atoms with E-state index in [-0.39, 0.29) is 6.10 Å². The van der Waals surface area contributed by atoms with Crippen LogP contribution in [0.3, 0.4) is 0 Å². The van der Waals surface area contributed by atoms with Gasteiger partial charge in [-0.1, -0.05) is 30.7 Å². The number of methoxy groups -OCH3 is 1. The molecule has 0 radical (unpaired) electrons. The van der Waals surface area contributed by atoms with Gasteiger partial charge in [0.15, 0.2) is 6.26 Å². The van der Waals surface area contributed by atoms with Crippen LogP contribution in [-0.4, -0.2) is 65.3 Å². The van der Waals surface area contributed by atoms with E-state index in [0.717, 1.165) is 55.4 Å². The molecule has 5 rings (SSSR count). The van der Waals surface area contributed by atoms with Gasteiger partial charge in [-0.3, -0.25) is 9.88 Å². The summed E-state index contributed by atoms with van der Waals surface area (Å²) in [7, 11) is 1.62. The van der Waals surface area contributed by atoms with Gasteiger partial charge >= 0.3 is 6.09 Å². The lowest BCUT2D eigenvalue weighted by Crippen LogP contribution is -2.35. The van der Waals surface area contributed by atoms with Crippen LogP contribution in [0.5, 0.6) is 5.88 Å². The number of carbonyl (C=O) groups is 1. The number of pyridine rings is 2. The number of fused-ring (bicyclic) bond motifs is 1. The minimum absolute atomic E-state index is 0.250. The van der Waals surface area contributed by atoms with Crippen molar-refractivity contribution in [1.29, 1.82) is 0 Å². The summed E-state index contributed by atoms with van der Waals surface area (Å²) in [6, 6.07) is 5.78. The molecule has 0 saturated carbocycles. The van der Waals surface area contributed by atoms with Crippen LogP contribution in [-0.2, 0) is 20.6 Å². The highest BCUT2D eigenvalue weighted by molar-refractivity contribution is 5.78. The first kappa shape index (κ1) is 25.8. The van der Waals surface area contributed by atoms with Gasteiger partial charge < -0.3 is 18.9 Å². The standard InChI is InChI=1S/C29H34N4O5/c1-3-32(15-7-10-22-13-14-30-25-11-12-26(35-2)31-28(22)25)17-24-18-33(29(34)38-24)27-20-36-19-23(37-27)16-21-8-5-4-6-9-21/h4-5,8,11-14,19-20,24H,3,6-7,9-10,15-18H2,1-2H3. The topological polar surface area (TPSA) is 86.3 Å². The second kappa shape index (κ2) is 12.1. The summed E-state index contributed by atoms with van der Waals surface area (Å²) in [5.74, 6) is 1.64. The number of aryl methyl sites for hydroxylation is 1. The molecule has 200 valence electrons. The summed E-state index contributed by atoms with van der Waals surface area (Å²) in [6.45, 7) is 4.92. The van der Waals surface area contributed by atoms with Gasteiger partial charge in [0.05, 0.1) is 24.7 Å². The van der Waals surface area contributed by atoms with Gasteiger partial charge in [-0.2, -0.15) is 0 Å². The van der Waals surface area contributed by atoms with Crippen LogP contribution in [0.15, 0.2) is 72.4 Å². The van der Waals surface area contributed by atoms with E-state index >= 15 is 0 Å². The van der Waals surface area contributed by atoms with Crippen molar-refractivity contribution in [2.75, 3.05) is 33.3 Å². The molecule has 1 aliphatic carbocycles. The van der Waals surface area contributed by atoms with Crippen LogP contribution in [0.4, 0.5) is 4.79 Å². The molecule has 2 aromatic heterocycles. The zero-order valence-corrected chi connectivity index (χ0v) is 22.0. The summed E-state index contributed by atoms with van der Waals surface area (Å²) in [5.41, 5.74) is 4.16. The van der Waals surface area contributed by atoms with Crippen LogP contribution >= 0.6 is 0 Å². The Balaban J connectivity index is 1.12. The third kappa shape index (κ3) is 6.16. The van der Waals surface area contributed by atoms with Gasteiger partial charge in [-0.15, -0.1) is 0 Å². The first-order chi connectivity index (χ1) is 18.6. The van der Waals surface area contributed by atoms with Crippen molar-refractivity contribution in [2.45, 2.75) is 45.1 Å². The Labute approximate surface area is 223 Å². The molecule has 3 aliphatic rings. The summed E-state index contributed by atoms with van der Waals surface area (Å²) >= 11 is 0. The third-order valence-electron chi connectivity index (χ3n) is 6.93. The molecule has 38 heavy (non-hydrogen) atoms. The second-order valence-electron chi connectivity index (χ2n) is 9.55. The molecule has 4 heterocycles. The summed E-state index contributed by atoms with van der Waals surface area (Å²) in [6.07, 6.45) is 15.0. The fourth-order valence-corrected chi connectivity index (χ4v) is 4.90. The lowest BCUT2D eigenvalue weighted by Gasteiger charge is -2.24. The van der Waals surface area contributed by atoms with Crippen molar-refractivity contribution in [3.63, 3.8) is 0 Å². The maximum absolute atomic E-state index is 12.7. The molecular formula is C29H34N4O5. The molecule has 1 fully saturated rings. The number of rotatable bonds is 11. The molecule has 1 atom stereocenters. The van der Waals surface area contributed by atoms with E-state index in [1.807, 2.05) is 24.4 Å². The molecule has 0 N–H and O–H groups in total. The number of ether oxygens (including phenoxy) is 4. The highest BCUT2D eigenvalue weighted by Crippen LogP contribution is 2.28. The van der Waals surface area contributed by atoms with Gasteiger partial charge in [0, 0.05) is 25.2 Å². The first-order valence-corrected chi connectivity index (χ1v) is 13.2. The van der Waals surface area contributed by atoms with Crippen LogP contribution in [0.2, 0.25) is 0 Å². The molecule has 9 heteroatoms. The van der Waals surface area contributed by atoms with E-state index in [9.17, 15) is 4.79 Å². The number of aromatic nitrogens is 2. The maximum atomic E-state index is 12.7. The molecule has 2 aromatic rings. The van der Waals surface area contributed by atoms with Crippen molar-refractivity contribution in [2.24, 2.45) is 0 Å². The molecule has 1 unspecified atom stereocenters. The Morgan fingerprint density at radius 1 is 1.24 bits per heavy atom. The number of amides is 1. The molecule has 0 spiro atoms. The van der Waals surface area contributed by atoms with E-state index in [1.165, 1.54) is 16.7 Å². The predicted molar refractivity (Wildman–Crippen MR) is 143 cm³/mol. The molecule has 0 bridgehead atoms. The number of carbonyl (C=O) groups excluding carboxylic acids is 1. The van der Waals surface area contributed by atoms with E-state index in [0.29, 0.717) is 37.0 Å². The van der Waals surface area contributed by atoms with Gasteiger partial charge in [0.1, 0.15) is 18.1 Å². The third-order valence-corrected chi connectivity index (χ3v) is 6.93. The zero-order valence-electron chi connectivity index (χ0n) is 22.0. The average molecular weight is 519 g/mol. The lowest BCUT2D eigenvalue weighted by molar-refractivity contribution is 0.103. The SMILES string of the molecule is CCN(CCCc1ccnc2ccc(OC)nc12)CC1CN(C2=COC=C(CC3=CC=CCC3)O2)C(=O)O1. The van der Waals surface area contributed by atoms with Crippen LogP contribution < -0.4 is 4.74 Å². The van der Waals surface area contributed by atoms with Crippen molar-refractivity contribution < 1.29 is 23.7 Å². The largest absolute Gasteiger partial charge is 0.481 e. The van der Waals surface area contributed by atoms with Crippen LogP contribution in [0.1, 0.15) is 38.2 Å².